The summed E-state index contributed by atoms with van der Waals surface area (Å²) in [6.07, 6.45) is 0. The predicted octanol–water partition coefficient (Wildman–Crippen LogP) is 6.78. The molecule has 0 radical (unpaired) electrons. The number of benzene rings is 4. The molecule has 0 saturated carbocycles. The molecule has 0 spiro atoms. The fourth-order valence-corrected chi connectivity index (χ4v) is 5.27. The highest BCUT2D eigenvalue weighted by Crippen LogP contribution is 2.39. The highest BCUT2D eigenvalue weighted by atomic mass is 15.5. The Kier molecular flexibility index (Phi) is 5.86. The van der Waals surface area contributed by atoms with Crippen LogP contribution in [0.5, 0.6) is 0 Å². The minimum atomic E-state index is 0.932. The van der Waals surface area contributed by atoms with Crippen molar-refractivity contribution in [3.05, 3.63) is 132 Å². The zero-order chi connectivity index (χ0) is 24.5. The number of nitrogens with zero attached hydrogens (tertiary/aromatic N) is 4. The van der Waals surface area contributed by atoms with E-state index in [1.54, 1.807) is 0 Å². The van der Waals surface area contributed by atoms with Crippen LogP contribution in [0.3, 0.4) is 0 Å². The zero-order valence-electron chi connectivity index (χ0n) is 21.0. The average molecular weight is 473 g/mol. The molecular formula is C32H32N4. The van der Waals surface area contributed by atoms with E-state index in [4.69, 9.17) is 0 Å². The van der Waals surface area contributed by atoms with E-state index >= 15 is 0 Å². The first kappa shape index (κ1) is 22.3. The Morgan fingerprint density at radius 1 is 0.361 bits per heavy atom. The van der Waals surface area contributed by atoms with Gasteiger partial charge >= 0.3 is 0 Å². The molecule has 4 aromatic carbocycles. The average Bonchev–Trinajstić information content (AvgIpc) is 3.55. The van der Waals surface area contributed by atoms with Crippen LogP contribution in [-0.2, 0) is 0 Å². The lowest BCUT2D eigenvalue weighted by Gasteiger charge is -2.34. The summed E-state index contributed by atoms with van der Waals surface area (Å²) in [6.45, 7) is 8.03. The molecule has 4 nitrogen and oxygen atoms in total. The minimum Gasteiger partial charge on any atom is -0.323 e. The first-order chi connectivity index (χ1) is 17.7. The van der Waals surface area contributed by atoms with Crippen molar-refractivity contribution in [2.24, 2.45) is 0 Å². The van der Waals surface area contributed by atoms with Crippen LogP contribution in [0.4, 0.5) is 22.7 Å². The third kappa shape index (κ3) is 4.09. The molecule has 6 rings (SSSR count). The first-order valence-corrected chi connectivity index (χ1v) is 12.8. The van der Waals surface area contributed by atoms with Crippen molar-refractivity contribution >= 4 is 22.7 Å². The molecular weight excluding hydrogens is 440 g/mol. The quantitative estimate of drug-likeness (QED) is 0.324. The van der Waals surface area contributed by atoms with Crippen molar-refractivity contribution in [1.82, 2.24) is 0 Å². The van der Waals surface area contributed by atoms with Crippen LogP contribution in [0.2, 0.25) is 0 Å². The van der Waals surface area contributed by atoms with Crippen LogP contribution in [0, 0.1) is 13.8 Å². The monoisotopic (exact) mass is 472 g/mol. The van der Waals surface area contributed by atoms with Crippen molar-refractivity contribution in [3.63, 3.8) is 0 Å². The lowest BCUT2D eigenvalue weighted by atomic mass is 10.2. The van der Waals surface area contributed by atoms with Gasteiger partial charge in [-0.1, -0.05) is 71.8 Å². The van der Waals surface area contributed by atoms with Gasteiger partial charge in [-0.15, -0.1) is 0 Å². The van der Waals surface area contributed by atoms with Crippen LogP contribution in [0.1, 0.15) is 11.1 Å². The summed E-state index contributed by atoms with van der Waals surface area (Å²) < 4.78 is 0. The van der Waals surface area contributed by atoms with E-state index in [9.17, 15) is 0 Å². The summed E-state index contributed by atoms with van der Waals surface area (Å²) in [5, 5.41) is 0. The highest BCUT2D eigenvalue weighted by molar-refractivity contribution is 5.73. The molecule has 0 unspecified atom stereocenters. The SMILES string of the molecule is Cc1ccc(N2CCN(c3ccc(C)cc3)C2=C2N(c3ccccc3)CCN2c2ccccc2)cc1. The summed E-state index contributed by atoms with van der Waals surface area (Å²) in [6, 6.07) is 39.4. The van der Waals surface area contributed by atoms with E-state index in [2.05, 4.69) is 143 Å². The Balaban J connectivity index is 1.58. The molecule has 4 heteroatoms. The van der Waals surface area contributed by atoms with Crippen molar-refractivity contribution in [2.45, 2.75) is 13.8 Å². The second kappa shape index (κ2) is 9.46. The number of aryl methyl sites for hydroxylation is 2. The third-order valence-corrected chi connectivity index (χ3v) is 7.14. The van der Waals surface area contributed by atoms with Crippen LogP contribution in [0.15, 0.2) is 121 Å². The van der Waals surface area contributed by atoms with Gasteiger partial charge in [-0.3, -0.25) is 0 Å². The van der Waals surface area contributed by atoms with E-state index < -0.39 is 0 Å². The second-order valence-electron chi connectivity index (χ2n) is 9.60. The Morgan fingerprint density at radius 3 is 0.944 bits per heavy atom. The van der Waals surface area contributed by atoms with E-state index in [1.165, 1.54) is 45.5 Å². The van der Waals surface area contributed by atoms with Gasteiger partial charge in [0, 0.05) is 48.9 Å². The van der Waals surface area contributed by atoms with Gasteiger partial charge in [-0.05, 0) is 62.4 Å². The molecule has 0 N–H and O–H groups in total. The van der Waals surface area contributed by atoms with Crippen molar-refractivity contribution in [1.29, 1.82) is 0 Å². The lowest BCUT2D eigenvalue weighted by Crippen LogP contribution is -2.34. The van der Waals surface area contributed by atoms with Gasteiger partial charge in [0.15, 0.2) is 11.6 Å². The van der Waals surface area contributed by atoms with Gasteiger partial charge in [0.05, 0.1) is 0 Å². The van der Waals surface area contributed by atoms with Crippen LogP contribution < -0.4 is 19.6 Å². The van der Waals surface area contributed by atoms with Crippen molar-refractivity contribution < 1.29 is 0 Å². The Morgan fingerprint density at radius 2 is 0.639 bits per heavy atom. The first-order valence-electron chi connectivity index (χ1n) is 12.8. The molecule has 180 valence electrons. The second-order valence-corrected chi connectivity index (χ2v) is 9.60. The minimum absolute atomic E-state index is 0.932. The number of hydrogen-bond donors (Lipinski definition) is 0. The summed E-state index contributed by atoms with van der Waals surface area (Å²) >= 11 is 0. The number of anilines is 4. The molecule has 2 saturated heterocycles. The normalized spacial score (nSPS) is 15.8. The lowest BCUT2D eigenvalue weighted by molar-refractivity contribution is 0.966. The summed E-state index contributed by atoms with van der Waals surface area (Å²) in [7, 11) is 0. The number of hydrogen-bond acceptors (Lipinski definition) is 4. The van der Waals surface area contributed by atoms with E-state index in [0.717, 1.165) is 26.2 Å². The summed E-state index contributed by atoms with van der Waals surface area (Å²) in [5.74, 6) is 2.46. The molecule has 2 fully saturated rings. The molecule has 2 aliphatic heterocycles. The maximum Gasteiger partial charge on any atom is 0.156 e. The Hall–Kier alpha value is -4.18. The molecule has 0 amide bonds. The third-order valence-electron chi connectivity index (χ3n) is 7.14. The van der Waals surface area contributed by atoms with Gasteiger partial charge in [-0.2, -0.15) is 0 Å². The smallest absolute Gasteiger partial charge is 0.156 e. The number of rotatable bonds is 4. The molecule has 0 aliphatic carbocycles. The van der Waals surface area contributed by atoms with Crippen molar-refractivity contribution in [2.75, 3.05) is 45.8 Å². The number of para-hydroxylation sites is 2. The zero-order valence-corrected chi connectivity index (χ0v) is 21.0. The fourth-order valence-electron chi connectivity index (χ4n) is 5.27. The molecule has 36 heavy (non-hydrogen) atoms. The topological polar surface area (TPSA) is 13.0 Å². The van der Waals surface area contributed by atoms with E-state index in [-0.39, 0.29) is 0 Å². The van der Waals surface area contributed by atoms with Gasteiger partial charge in [-0.25, -0.2) is 0 Å². The summed E-state index contributed by atoms with van der Waals surface area (Å²) in [5.41, 5.74) is 7.45. The summed E-state index contributed by atoms with van der Waals surface area (Å²) in [4.78, 5) is 9.95. The molecule has 4 aromatic rings. The largest absolute Gasteiger partial charge is 0.323 e. The van der Waals surface area contributed by atoms with Gasteiger partial charge in [0.25, 0.3) is 0 Å². The van der Waals surface area contributed by atoms with E-state index in [1.807, 2.05) is 0 Å². The molecule has 0 aromatic heterocycles. The van der Waals surface area contributed by atoms with Crippen LogP contribution in [-0.4, -0.2) is 26.2 Å². The standard InChI is InChI=1S/C32H32N4/c1-25-13-17-29(18-14-25)35-23-24-36(30-19-15-26(2)16-20-30)32(35)31-33(27-9-5-3-6-10-27)21-22-34(31)28-11-7-4-8-12-28/h3-20H,21-24H2,1-2H3. The van der Waals surface area contributed by atoms with Gasteiger partial charge in [0.2, 0.25) is 0 Å². The maximum absolute atomic E-state index is 2.49. The highest BCUT2D eigenvalue weighted by Gasteiger charge is 2.38. The molecule has 0 atom stereocenters. The Bertz CT molecular complexity index is 1240. The fraction of sp³-hybridized carbons (Fsp3) is 0.188. The maximum atomic E-state index is 2.49. The van der Waals surface area contributed by atoms with E-state index in [0.29, 0.717) is 0 Å². The van der Waals surface area contributed by atoms with Crippen LogP contribution >= 0.6 is 0 Å². The predicted molar refractivity (Wildman–Crippen MR) is 152 cm³/mol. The Labute approximate surface area is 214 Å². The van der Waals surface area contributed by atoms with Crippen molar-refractivity contribution in [3.8, 4) is 0 Å². The van der Waals surface area contributed by atoms with Gasteiger partial charge < -0.3 is 19.6 Å². The van der Waals surface area contributed by atoms with Crippen LogP contribution in [0.25, 0.3) is 0 Å². The molecule has 2 heterocycles. The molecule has 0 bridgehead atoms. The van der Waals surface area contributed by atoms with Gasteiger partial charge in [0.1, 0.15) is 0 Å². The molecule has 2 aliphatic rings.